The number of methoxy groups -OCH3 is 1. The van der Waals surface area contributed by atoms with E-state index in [0.29, 0.717) is 29.0 Å². The monoisotopic (exact) mass is 274 g/mol. The van der Waals surface area contributed by atoms with E-state index in [-0.39, 0.29) is 0 Å². The highest BCUT2D eigenvalue weighted by molar-refractivity contribution is 6.66. The molecule has 1 aromatic rings. The summed E-state index contributed by atoms with van der Waals surface area (Å²) in [6, 6.07) is 3.27. The Morgan fingerprint density at radius 3 is 2.59 bits per heavy atom. The van der Waals surface area contributed by atoms with E-state index in [4.69, 9.17) is 27.9 Å². The molecule has 92 valence electrons. The van der Waals surface area contributed by atoms with Gasteiger partial charge in [0.05, 0.1) is 7.11 Å². The fourth-order valence-electron chi connectivity index (χ4n) is 1.70. The van der Waals surface area contributed by atoms with Gasteiger partial charge in [-0.25, -0.2) is 0 Å². The number of aldehydes is 1. The van der Waals surface area contributed by atoms with Crippen LogP contribution in [-0.2, 0) is 16.0 Å². The standard InChI is InChI=1S/C12H12Cl2O3/c1-3-7-4-8(13)5-10(17-2)11(7)9(6-15)12(14)16/h4-6,9H,3H2,1-2H3. The van der Waals surface area contributed by atoms with Crippen molar-refractivity contribution in [3.63, 3.8) is 0 Å². The molecule has 1 aromatic carbocycles. The van der Waals surface area contributed by atoms with E-state index in [2.05, 4.69) is 0 Å². The van der Waals surface area contributed by atoms with Crippen LogP contribution >= 0.6 is 23.2 Å². The molecule has 0 fully saturated rings. The van der Waals surface area contributed by atoms with Gasteiger partial charge in [0.2, 0.25) is 5.24 Å². The first-order chi connectivity index (χ1) is 8.04. The Kier molecular flexibility index (Phi) is 4.97. The maximum Gasteiger partial charge on any atom is 0.236 e. The molecule has 1 unspecified atom stereocenters. The van der Waals surface area contributed by atoms with Crippen molar-refractivity contribution in [3.05, 3.63) is 28.3 Å². The summed E-state index contributed by atoms with van der Waals surface area (Å²) in [5.74, 6) is -0.612. The minimum absolute atomic E-state index is 0.403. The lowest BCUT2D eigenvalue weighted by molar-refractivity contribution is -0.118. The van der Waals surface area contributed by atoms with Crippen molar-refractivity contribution >= 4 is 34.7 Å². The third kappa shape index (κ3) is 2.99. The zero-order chi connectivity index (χ0) is 13.0. The van der Waals surface area contributed by atoms with Crippen LogP contribution < -0.4 is 4.74 Å². The lowest BCUT2D eigenvalue weighted by Crippen LogP contribution is -2.12. The van der Waals surface area contributed by atoms with Crippen molar-refractivity contribution in [1.82, 2.24) is 0 Å². The summed E-state index contributed by atoms with van der Waals surface area (Å²) < 4.78 is 5.15. The summed E-state index contributed by atoms with van der Waals surface area (Å²) in [6.07, 6.45) is 1.14. The summed E-state index contributed by atoms with van der Waals surface area (Å²) in [6.45, 7) is 1.90. The summed E-state index contributed by atoms with van der Waals surface area (Å²) in [7, 11) is 1.45. The molecule has 0 aromatic heterocycles. The van der Waals surface area contributed by atoms with Gasteiger partial charge in [-0.1, -0.05) is 18.5 Å². The van der Waals surface area contributed by atoms with Gasteiger partial charge in [0.1, 0.15) is 18.0 Å². The molecular weight excluding hydrogens is 263 g/mol. The second kappa shape index (κ2) is 6.03. The van der Waals surface area contributed by atoms with Crippen LogP contribution in [0.1, 0.15) is 24.0 Å². The maximum atomic E-state index is 11.2. The second-order valence-electron chi connectivity index (χ2n) is 3.45. The molecule has 0 saturated carbocycles. The number of hydrogen-bond donors (Lipinski definition) is 0. The zero-order valence-corrected chi connectivity index (χ0v) is 11.0. The van der Waals surface area contributed by atoms with Crippen molar-refractivity contribution in [2.24, 2.45) is 0 Å². The van der Waals surface area contributed by atoms with Gasteiger partial charge in [0.25, 0.3) is 0 Å². The van der Waals surface area contributed by atoms with Gasteiger partial charge in [-0.15, -0.1) is 0 Å². The first kappa shape index (κ1) is 14.0. The van der Waals surface area contributed by atoms with Gasteiger partial charge < -0.3 is 9.53 Å². The Labute approximate surface area is 110 Å². The average molecular weight is 275 g/mol. The molecule has 1 rings (SSSR count). The van der Waals surface area contributed by atoms with Crippen molar-refractivity contribution in [3.8, 4) is 5.75 Å². The van der Waals surface area contributed by atoms with Crippen LogP contribution in [0.3, 0.4) is 0 Å². The number of hydrogen-bond acceptors (Lipinski definition) is 3. The van der Waals surface area contributed by atoms with E-state index in [1.165, 1.54) is 7.11 Å². The molecule has 5 heteroatoms. The molecule has 0 saturated heterocycles. The lowest BCUT2D eigenvalue weighted by atomic mass is 9.93. The van der Waals surface area contributed by atoms with Gasteiger partial charge in [-0.2, -0.15) is 0 Å². The third-order valence-electron chi connectivity index (χ3n) is 2.48. The molecule has 17 heavy (non-hydrogen) atoms. The predicted molar refractivity (Wildman–Crippen MR) is 67.0 cm³/mol. The lowest BCUT2D eigenvalue weighted by Gasteiger charge is -2.16. The molecule has 0 aliphatic rings. The van der Waals surface area contributed by atoms with E-state index >= 15 is 0 Å². The molecule has 0 amide bonds. The summed E-state index contributed by atoms with van der Waals surface area (Å²) in [5, 5.41) is -0.232. The molecule has 0 bridgehead atoms. The minimum Gasteiger partial charge on any atom is -0.496 e. The number of halogens is 2. The number of carbonyl (C=O) groups excluding carboxylic acids is 2. The molecule has 1 atom stereocenters. The van der Waals surface area contributed by atoms with Crippen molar-refractivity contribution in [2.45, 2.75) is 19.3 Å². The predicted octanol–water partition coefficient (Wildman–Crippen LogP) is 2.96. The van der Waals surface area contributed by atoms with Crippen LogP contribution in [-0.4, -0.2) is 18.6 Å². The highest BCUT2D eigenvalue weighted by Crippen LogP contribution is 2.34. The van der Waals surface area contributed by atoms with E-state index < -0.39 is 11.2 Å². The smallest absolute Gasteiger partial charge is 0.236 e. The van der Waals surface area contributed by atoms with Crippen molar-refractivity contribution in [1.29, 1.82) is 0 Å². The number of ether oxygens (including phenoxy) is 1. The Balaban J connectivity index is 3.46. The number of benzene rings is 1. The Bertz CT molecular complexity index is 418. The molecule has 0 heterocycles. The largest absolute Gasteiger partial charge is 0.496 e. The van der Waals surface area contributed by atoms with Crippen LogP contribution in [0.5, 0.6) is 5.75 Å². The highest BCUT2D eigenvalue weighted by atomic mass is 35.5. The van der Waals surface area contributed by atoms with E-state index in [9.17, 15) is 9.59 Å². The number of rotatable bonds is 5. The van der Waals surface area contributed by atoms with Gasteiger partial charge >= 0.3 is 0 Å². The SMILES string of the molecule is CCc1cc(Cl)cc(OC)c1C(C=O)C(=O)Cl. The zero-order valence-electron chi connectivity index (χ0n) is 9.50. The normalized spacial score (nSPS) is 12.0. The quantitative estimate of drug-likeness (QED) is 0.471. The van der Waals surface area contributed by atoms with Crippen molar-refractivity contribution < 1.29 is 14.3 Å². The van der Waals surface area contributed by atoms with Crippen LogP contribution in [0.4, 0.5) is 0 Å². The Morgan fingerprint density at radius 2 is 2.18 bits per heavy atom. The molecule has 3 nitrogen and oxygen atoms in total. The van der Waals surface area contributed by atoms with Gasteiger partial charge in [-0.05, 0) is 35.7 Å². The summed E-state index contributed by atoms with van der Waals surface area (Å²) >= 11 is 11.3. The van der Waals surface area contributed by atoms with Crippen LogP contribution in [0.2, 0.25) is 5.02 Å². The van der Waals surface area contributed by atoms with Gasteiger partial charge in [-0.3, -0.25) is 4.79 Å². The highest BCUT2D eigenvalue weighted by Gasteiger charge is 2.25. The van der Waals surface area contributed by atoms with Gasteiger partial charge in [0, 0.05) is 10.6 Å². The maximum absolute atomic E-state index is 11.2. The number of aryl methyl sites for hydroxylation is 1. The minimum atomic E-state index is -1.01. The number of carbonyl (C=O) groups is 2. The first-order valence-electron chi connectivity index (χ1n) is 5.06. The second-order valence-corrected chi connectivity index (χ2v) is 4.26. The first-order valence-corrected chi connectivity index (χ1v) is 5.81. The van der Waals surface area contributed by atoms with Gasteiger partial charge in [0.15, 0.2) is 0 Å². The van der Waals surface area contributed by atoms with E-state index in [1.807, 2.05) is 6.92 Å². The van der Waals surface area contributed by atoms with Crippen LogP contribution in [0, 0.1) is 0 Å². The Hall–Kier alpha value is -1.06. The third-order valence-corrected chi connectivity index (χ3v) is 2.94. The fraction of sp³-hybridized carbons (Fsp3) is 0.333. The molecule has 0 aliphatic heterocycles. The molecule has 0 N–H and O–H groups in total. The molecule has 0 aliphatic carbocycles. The van der Waals surface area contributed by atoms with E-state index in [1.54, 1.807) is 12.1 Å². The van der Waals surface area contributed by atoms with E-state index in [0.717, 1.165) is 5.56 Å². The molecule has 0 radical (unpaired) electrons. The summed E-state index contributed by atoms with van der Waals surface area (Å²) in [5.41, 5.74) is 1.27. The average Bonchev–Trinajstić information content (AvgIpc) is 2.30. The topological polar surface area (TPSA) is 43.4 Å². The van der Waals surface area contributed by atoms with Crippen molar-refractivity contribution in [2.75, 3.05) is 7.11 Å². The molecule has 0 spiro atoms. The fourth-order valence-corrected chi connectivity index (χ4v) is 2.09. The Morgan fingerprint density at radius 1 is 1.53 bits per heavy atom. The molecular formula is C12H12Cl2O3. The van der Waals surface area contributed by atoms with Crippen LogP contribution in [0.15, 0.2) is 12.1 Å². The summed E-state index contributed by atoms with van der Waals surface area (Å²) in [4.78, 5) is 22.2. The van der Waals surface area contributed by atoms with Crippen LogP contribution in [0.25, 0.3) is 0 Å².